The van der Waals surface area contributed by atoms with Gasteiger partial charge in [-0.05, 0) is 6.42 Å². The van der Waals surface area contributed by atoms with E-state index in [2.05, 4.69) is 9.57 Å². The summed E-state index contributed by atoms with van der Waals surface area (Å²) in [7, 11) is 1.35. The Morgan fingerprint density at radius 1 is 1.67 bits per heavy atom. The second-order valence-corrected chi connectivity index (χ2v) is 1.44. The van der Waals surface area contributed by atoms with Crippen LogP contribution in [-0.4, -0.2) is 19.8 Å². The predicted molar refractivity (Wildman–Crippen MR) is 31.8 cm³/mol. The number of ether oxygens (including phenoxy) is 1. The highest BCUT2D eigenvalue weighted by molar-refractivity contribution is 5.65. The van der Waals surface area contributed by atoms with Gasteiger partial charge in [-0.1, -0.05) is 6.92 Å². The van der Waals surface area contributed by atoms with Crippen LogP contribution in [0.25, 0.3) is 0 Å². The molecule has 1 N–H and O–H groups in total. The Morgan fingerprint density at radius 2 is 2.33 bits per heavy atom. The highest BCUT2D eigenvalue weighted by Gasteiger charge is 1.95. The highest BCUT2D eigenvalue weighted by Crippen LogP contribution is 1.80. The topological polar surface area (TPSA) is 47.6 Å². The zero-order chi connectivity index (χ0) is 7.11. The van der Waals surface area contributed by atoms with Crippen molar-refractivity contribution in [3.8, 4) is 0 Å². The summed E-state index contributed by atoms with van der Waals surface area (Å²) in [6, 6.07) is 0. The zero-order valence-corrected chi connectivity index (χ0v) is 5.64. The quantitative estimate of drug-likeness (QED) is 0.576. The maximum absolute atomic E-state index is 10.3. The molecule has 0 spiro atoms. The summed E-state index contributed by atoms with van der Waals surface area (Å²) in [4.78, 5) is 14.6. The van der Waals surface area contributed by atoms with Gasteiger partial charge in [0, 0.05) is 0 Å². The average Bonchev–Trinajstić information content (AvgIpc) is 1.85. The van der Waals surface area contributed by atoms with Gasteiger partial charge in [0.2, 0.25) is 0 Å². The van der Waals surface area contributed by atoms with Crippen LogP contribution in [0.3, 0.4) is 0 Å². The van der Waals surface area contributed by atoms with E-state index in [4.69, 9.17) is 0 Å². The normalized spacial score (nSPS) is 8.67. The molecule has 0 heterocycles. The van der Waals surface area contributed by atoms with Crippen LogP contribution in [-0.2, 0) is 9.57 Å². The summed E-state index contributed by atoms with van der Waals surface area (Å²) in [5.74, 6) is 0. The van der Waals surface area contributed by atoms with E-state index in [0.717, 1.165) is 6.42 Å². The molecule has 0 aliphatic heterocycles. The van der Waals surface area contributed by atoms with E-state index in [-0.39, 0.29) is 0 Å². The van der Waals surface area contributed by atoms with Crippen molar-refractivity contribution in [2.75, 3.05) is 13.7 Å². The molecule has 0 radical (unpaired) electrons. The first-order chi connectivity index (χ1) is 4.31. The van der Waals surface area contributed by atoms with Crippen molar-refractivity contribution in [3.63, 3.8) is 0 Å². The number of hydroxylamine groups is 1. The number of carbonyl (C=O) groups is 1. The van der Waals surface area contributed by atoms with E-state index < -0.39 is 6.09 Å². The minimum absolute atomic E-state index is 0.426. The Bertz CT molecular complexity index is 84.3. The molecule has 0 rings (SSSR count). The molecule has 9 heavy (non-hydrogen) atoms. The van der Waals surface area contributed by atoms with E-state index in [1.54, 1.807) is 0 Å². The number of rotatable bonds is 3. The van der Waals surface area contributed by atoms with Crippen LogP contribution in [0, 0.1) is 0 Å². The van der Waals surface area contributed by atoms with Crippen LogP contribution >= 0.6 is 0 Å². The van der Waals surface area contributed by atoms with Crippen LogP contribution in [0.5, 0.6) is 0 Å². The predicted octanol–water partition coefficient (Wildman–Crippen LogP) is 0.684. The zero-order valence-electron chi connectivity index (χ0n) is 5.64. The fraction of sp³-hybridized carbons (Fsp3) is 0.800. The van der Waals surface area contributed by atoms with Crippen LogP contribution < -0.4 is 5.48 Å². The fourth-order valence-corrected chi connectivity index (χ4v) is 0.308. The molecular formula is C5H11NO3. The molecule has 0 aromatic heterocycles. The highest BCUT2D eigenvalue weighted by atomic mass is 16.7. The third-order valence-electron chi connectivity index (χ3n) is 0.623. The smallest absolute Gasteiger partial charge is 0.431 e. The summed E-state index contributed by atoms with van der Waals surface area (Å²) >= 11 is 0. The Morgan fingerprint density at radius 3 is 2.78 bits per heavy atom. The molecule has 0 saturated carbocycles. The fourth-order valence-electron chi connectivity index (χ4n) is 0.308. The van der Waals surface area contributed by atoms with Gasteiger partial charge < -0.3 is 4.74 Å². The lowest BCUT2D eigenvalue weighted by Gasteiger charge is -2.01. The summed E-state index contributed by atoms with van der Waals surface area (Å²) in [5.41, 5.74) is 2.02. The molecule has 0 aromatic rings. The lowest BCUT2D eigenvalue weighted by Crippen LogP contribution is -2.22. The van der Waals surface area contributed by atoms with Gasteiger partial charge in [0.25, 0.3) is 0 Å². The Labute approximate surface area is 54.1 Å². The van der Waals surface area contributed by atoms with Gasteiger partial charge in [-0.2, -0.15) is 5.48 Å². The van der Waals surface area contributed by atoms with Crippen molar-refractivity contribution < 1.29 is 14.4 Å². The number of hydrogen-bond acceptors (Lipinski definition) is 3. The summed E-state index contributed by atoms with van der Waals surface area (Å²) < 4.78 is 4.56. The first-order valence-corrected chi connectivity index (χ1v) is 2.77. The van der Waals surface area contributed by atoms with Crippen molar-refractivity contribution in [2.24, 2.45) is 0 Å². The Hall–Kier alpha value is -0.770. The van der Waals surface area contributed by atoms with Crippen LogP contribution in [0.2, 0.25) is 0 Å². The van der Waals surface area contributed by atoms with Gasteiger partial charge in [-0.15, -0.1) is 0 Å². The third kappa shape index (κ3) is 5.10. The monoisotopic (exact) mass is 133 g/mol. The molecule has 0 unspecified atom stereocenters. The SMILES string of the molecule is CCCOC(=O)NOC. The molecule has 1 amide bonds. The second kappa shape index (κ2) is 5.37. The Balaban J connectivity index is 3.06. The van der Waals surface area contributed by atoms with Crippen LogP contribution in [0.15, 0.2) is 0 Å². The van der Waals surface area contributed by atoms with E-state index in [1.165, 1.54) is 7.11 Å². The lowest BCUT2D eigenvalue weighted by molar-refractivity contribution is 0.0587. The Kier molecular flexibility index (Phi) is 4.91. The molecule has 0 aromatic carbocycles. The number of amides is 1. The molecule has 0 aliphatic rings. The van der Waals surface area contributed by atoms with Crippen LogP contribution in [0.1, 0.15) is 13.3 Å². The standard InChI is InChI=1S/C5H11NO3/c1-3-4-9-5(7)6-8-2/h3-4H2,1-2H3,(H,6,7). The van der Waals surface area contributed by atoms with Crippen molar-refractivity contribution in [3.05, 3.63) is 0 Å². The maximum atomic E-state index is 10.3. The maximum Gasteiger partial charge on any atom is 0.431 e. The number of nitrogens with one attached hydrogen (secondary N) is 1. The van der Waals surface area contributed by atoms with Gasteiger partial charge in [-0.3, -0.25) is 4.84 Å². The van der Waals surface area contributed by atoms with E-state index in [1.807, 2.05) is 12.4 Å². The van der Waals surface area contributed by atoms with Gasteiger partial charge in [-0.25, -0.2) is 4.79 Å². The summed E-state index contributed by atoms with van der Waals surface area (Å²) in [6.07, 6.45) is 0.274. The summed E-state index contributed by atoms with van der Waals surface area (Å²) in [5, 5.41) is 0. The minimum atomic E-state index is -0.542. The molecule has 0 saturated heterocycles. The van der Waals surface area contributed by atoms with E-state index in [9.17, 15) is 4.79 Å². The van der Waals surface area contributed by atoms with Gasteiger partial charge >= 0.3 is 6.09 Å². The lowest BCUT2D eigenvalue weighted by atomic mass is 10.5. The molecule has 54 valence electrons. The third-order valence-corrected chi connectivity index (χ3v) is 0.623. The molecule has 4 nitrogen and oxygen atoms in total. The first kappa shape index (κ1) is 8.23. The van der Waals surface area contributed by atoms with Gasteiger partial charge in [0.1, 0.15) is 0 Å². The second-order valence-electron chi connectivity index (χ2n) is 1.44. The molecule has 0 bridgehead atoms. The van der Waals surface area contributed by atoms with E-state index in [0.29, 0.717) is 6.61 Å². The molecule has 0 atom stereocenters. The number of carbonyl (C=O) groups excluding carboxylic acids is 1. The molecule has 0 aliphatic carbocycles. The van der Waals surface area contributed by atoms with Crippen molar-refractivity contribution in [2.45, 2.75) is 13.3 Å². The molecule has 4 heteroatoms. The van der Waals surface area contributed by atoms with Crippen molar-refractivity contribution in [1.29, 1.82) is 0 Å². The summed E-state index contributed by atoms with van der Waals surface area (Å²) in [6.45, 7) is 2.34. The van der Waals surface area contributed by atoms with Crippen molar-refractivity contribution in [1.82, 2.24) is 5.48 Å². The van der Waals surface area contributed by atoms with Gasteiger partial charge in [0.05, 0.1) is 13.7 Å². The minimum Gasteiger partial charge on any atom is -0.448 e. The van der Waals surface area contributed by atoms with Gasteiger partial charge in [0.15, 0.2) is 0 Å². The average molecular weight is 133 g/mol. The van der Waals surface area contributed by atoms with Crippen LogP contribution in [0.4, 0.5) is 4.79 Å². The molecule has 0 fully saturated rings. The first-order valence-electron chi connectivity index (χ1n) is 2.77. The number of hydrogen-bond donors (Lipinski definition) is 1. The van der Waals surface area contributed by atoms with Crippen molar-refractivity contribution >= 4 is 6.09 Å². The largest absolute Gasteiger partial charge is 0.448 e. The molecular weight excluding hydrogens is 122 g/mol. The van der Waals surface area contributed by atoms with E-state index >= 15 is 0 Å².